The number of hydrogen-bond donors (Lipinski definition) is 0. The van der Waals surface area contributed by atoms with Crippen LogP contribution in [0.4, 0.5) is 0 Å². The quantitative estimate of drug-likeness (QED) is 0.813. The van der Waals surface area contributed by atoms with E-state index in [9.17, 15) is 4.79 Å². The third-order valence-corrected chi connectivity index (χ3v) is 3.76. The largest absolute Gasteiger partial charge is 0.378 e. The number of amides is 1. The van der Waals surface area contributed by atoms with Gasteiger partial charge in [0.05, 0.1) is 13.2 Å². The van der Waals surface area contributed by atoms with Crippen molar-refractivity contribution in [3.05, 3.63) is 66.2 Å². The number of rotatable bonds is 3. The van der Waals surface area contributed by atoms with Crippen LogP contribution < -0.4 is 0 Å². The van der Waals surface area contributed by atoms with Gasteiger partial charge in [-0.2, -0.15) is 0 Å². The van der Waals surface area contributed by atoms with Crippen LogP contribution in [-0.2, 0) is 9.53 Å². The van der Waals surface area contributed by atoms with Crippen molar-refractivity contribution in [3.63, 3.8) is 0 Å². The Morgan fingerprint density at radius 1 is 0.909 bits per heavy atom. The first-order chi connectivity index (χ1) is 10.8. The molecule has 0 unspecified atom stereocenters. The first-order valence-corrected chi connectivity index (χ1v) is 7.53. The zero-order valence-corrected chi connectivity index (χ0v) is 12.4. The Morgan fingerprint density at radius 2 is 1.55 bits per heavy atom. The molecule has 3 rings (SSSR count). The van der Waals surface area contributed by atoms with Crippen molar-refractivity contribution >= 4 is 12.0 Å². The molecule has 3 heteroatoms. The summed E-state index contributed by atoms with van der Waals surface area (Å²) in [6.07, 6.45) is 3.51. The number of hydrogen-bond acceptors (Lipinski definition) is 2. The molecule has 0 N–H and O–H groups in total. The molecule has 1 aliphatic rings. The van der Waals surface area contributed by atoms with Gasteiger partial charge >= 0.3 is 0 Å². The second-order valence-electron chi connectivity index (χ2n) is 5.26. The van der Waals surface area contributed by atoms with Crippen LogP contribution in [0.25, 0.3) is 17.2 Å². The van der Waals surface area contributed by atoms with Gasteiger partial charge in [0.25, 0.3) is 0 Å². The van der Waals surface area contributed by atoms with E-state index in [2.05, 4.69) is 24.3 Å². The number of morpholine rings is 1. The van der Waals surface area contributed by atoms with E-state index in [-0.39, 0.29) is 5.91 Å². The summed E-state index contributed by atoms with van der Waals surface area (Å²) in [5.74, 6) is 0.0513. The van der Waals surface area contributed by atoms with Crippen molar-refractivity contribution in [1.82, 2.24) is 4.90 Å². The van der Waals surface area contributed by atoms with Crippen LogP contribution in [0.1, 0.15) is 5.56 Å². The van der Waals surface area contributed by atoms with Crippen molar-refractivity contribution in [2.75, 3.05) is 26.3 Å². The van der Waals surface area contributed by atoms with Crippen LogP contribution in [0.15, 0.2) is 60.7 Å². The Hall–Kier alpha value is -2.39. The molecule has 22 heavy (non-hydrogen) atoms. The molecule has 1 saturated heterocycles. The maximum absolute atomic E-state index is 12.0. The highest BCUT2D eigenvalue weighted by atomic mass is 16.5. The molecular weight excluding hydrogens is 274 g/mol. The van der Waals surface area contributed by atoms with Gasteiger partial charge < -0.3 is 9.64 Å². The molecule has 112 valence electrons. The van der Waals surface area contributed by atoms with Gasteiger partial charge in [0.2, 0.25) is 5.91 Å². The average molecular weight is 293 g/mol. The SMILES string of the molecule is O=C(/C=C/c1ccc(-c2ccccc2)cc1)N1CCOCC1. The summed E-state index contributed by atoms with van der Waals surface area (Å²) < 4.78 is 5.25. The third-order valence-electron chi connectivity index (χ3n) is 3.76. The summed E-state index contributed by atoms with van der Waals surface area (Å²) in [4.78, 5) is 13.9. The van der Waals surface area contributed by atoms with E-state index in [0.717, 1.165) is 5.56 Å². The lowest BCUT2D eigenvalue weighted by Crippen LogP contribution is -2.39. The first-order valence-electron chi connectivity index (χ1n) is 7.53. The first kappa shape index (κ1) is 14.5. The molecule has 1 heterocycles. The summed E-state index contributed by atoms with van der Waals surface area (Å²) in [5, 5.41) is 0. The van der Waals surface area contributed by atoms with Crippen molar-refractivity contribution in [2.45, 2.75) is 0 Å². The van der Waals surface area contributed by atoms with Gasteiger partial charge in [0.1, 0.15) is 0 Å². The highest BCUT2D eigenvalue weighted by Gasteiger charge is 2.13. The van der Waals surface area contributed by atoms with Gasteiger partial charge in [0.15, 0.2) is 0 Å². The van der Waals surface area contributed by atoms with Crippen molar-refractivity contribution in [2.24, 2.45) is 0 Å². The fourth-order valence-electron chi connectivity index (χ4n) is 2.47. The van der Waals surface area contributed by atoms with E-state index < -0.39 is 0 Å². The Morgan fingerprint density at radius 3 is 2.23 bits per heavy atom. The Labute approximate surface area is 130 Å². The van der Waals surface area contributed by atoms with Gasteiger partial charge in [-0.15, -0.1) is 0 Å². The molecular formula is C19H19NO2. The van der Waals surface area contributed by atoms with E-state index in [1.807, 2.05) is 41.3 Å². The van der Waals surface area contributed by atoms with E-state index in [4.69, 9.17) is 4.74 Å². The second-order valence-corrected chi connectivity index (χ2v) is 5.26. The smallest absolute Gasteiger partial charge is 0.246 e. The number of carbonyl (C=O) groups is 1. The molecule has 0 radical (unpaired) electrons. The fraction of sp³-hybridized carbons (Fsp3) is 0.211. The van der Waals surface area contributed by atoms with E-state index in [0.29, 0.717) is 26.3 Å². The van der Waals surface area contributed by atoms with Crippen molar-refractivity contribution < 1.29 is 9.53 Å². The summed E-state index contributed by atoms with van der Waals surface area (Å²) >= 11 is 0. The van der Waals surface area contributed by atoms with Crippen molar-refractivity contribution in [1.29, 1.82) is 0 Å². The zero-order chi connectivity index (χ0) is 15.2. The molecule has 0 bridgehead atoms. The van der Waals surface area contributed by atoms with Crippen LogP contribution in [0, 0.1) is 0 Å². The topological polar surface area (TPSA) is 29.5 Å². The highest BCUT2D eigenvalue weighted by molar-refractivity contribution is 5.91. The Kier molecular flexibility index (Phi) is 4.66. The summed E-state index contributed by atoms with van der Waals surface area (Å²) in [6, 6.07) is 18.5. The predicted molar refractivity (Wildman–Crippen MR) is 88.3 cm³/mol. The molecule has 1 amide bonds. The molecule has 2 aromatic rings. The van der Waals surface area contributed by atoms with Crippen LogP contribution in [0.3, 0.4) is 0 Å². The molecule has 2 aromatic carbocycles. The van der Waals surface area contributed by atoms with Gasteiger partial charge in [-0.05, 0) is 22.8 Å². The van der Waals surface area contributed by atoms with Crippen molar-refractivity contribution in [3.8, 4) is 11.1 Å². The number of benzene rings is 2. The van der Waals surface area contributed by atoms with Crippen LogP contribution in [-0.4, -0.2) is 37.1 Å². The summed E-state index contributed by atoms with van der Waals surface area (Å²) in [5.41, 5.74) is 3.40. The fourth-order valence-corrected chi connectivity index (χ4v) is 2.47. The number of carbonyl (C=O) groups excluding carboxylic acids is 1. The predicted octanol–water partition coefficient (Wildman–Crippen LogP) is 3.23. The Bertz CT molecular complexity index is 641. The van der Waals surface area contributed by atoms with E-state index >= 15 is 0 Å². The normalized spacial score (nSPS) is 15.2. The standard InChI is InChI=1S/C19H19NO2/c21-19(20-12-14-22-15-13-20)11-8-16-6-9-18(10-7-16)17-4-2-1-3-5-17/h1-11H,12-15H2/b11-8+. The number of nitrogens with zero attached hydrogens (tertiary/aromatic N) is 1. The van der Waals surface area contributed by atoms with Gasteiger partial charge in [-0.1, -0.05) is 54.6 Å². The minimum atomic E-state index is 0.0513. The van der Waals surface area contributed by atoms with Gasteiger partial charge in [0, 0.05) is 19.2 Å². The maximum atomic E-state index is 12.0. The number of ether oxygens (including phenoxy) is 1. The third kappa shape index (κ3) is 3.62. The molecule has 0 aromatic heterocycles. The zero-order valence-electron chi connectivity index (χ0n) is 12.4. The molecule has 0 saturated carbocycles. The molecule has 1 fully saturated rings. The second kappa shape index (κ2) is 7.05. The van der Waals surface area contributed by atoms with Crippen LogP contribution in [0.2, 0.25) is 0 Å². The highest BCUT2D eigenvalue weighted by Crippen LogP contribution is 2.19. The summed E-state index contributed by atoms with van der Waals surface area (Å²) in [6.45, 7) is 2.61. The average Bonchev–Trinajstić information content (AvgIpc) is 2.61. The lowest BCUT2D eigenvalue weighted by atomic mass is 10.0. The van der Waals surface area contributed by atoms with Crippen LogP contribution >= 0.6 is 0 Å². The molecule has 1 aliphatic heterocycles. The molecule has 3 nitrogen and oxygen atoms in total. The van der Waals surface area contributed by atoms with E-state index in [1.54, 1.807) is 6.08 Å². The minimum Gasteiger partial charge on any atom is -0.378 e. The lowest BCUT2D eigenvalue weighted by Gasteiger charge is -2.25. The van der Waals surface area contributed by atoms with Crippen LogP contribution in [0.5, 0.6) is 0 Å². The van der Waals surface area contributed by atoms with E-state index in [1.165, 1.54) is 11.1 Å². The monoisotopic (exact) mass is 293 g/mol. The Balaban J connectivity index is 1.65. The summed E-state index contributed by atoms with van der Waals surface area (Å²) in [7, 11) is 0. The molecule has 0 aliphatic carbocycles. The minimum absolute atomic E-state index is 0.0513. The molecule has 0 spiro atoms. The van der Waals surface area contributed by atoms with Gasteiger partial charge in [-0.3, -0.25) is 4.79 Å². The lowest BCUT2D eigenvalue weighted by molar-refractivity contribution is -0.129. The van der Waals surface area contributed by atoms with Gasteiger partial charge in [-0.25, -0.2) is 0 Å². The molecule has 0 atom stereocenters. The maximum Gasteiger partial charge on any atom is 0.246 e.